The molecule has 2 aromatic heterocycles. The summed E-state index contributed by atoms with van der Waals surface area (Å²) in [6.45, 7) is 0. The van der Waals surface area contributed by atoms with Crippen LogP contribution < -0.4 is 0 Å². The Bertz CT molecular complexity index is 943. The van der Waals surface area contributed by atoms with Gasteiger partial charge < -0.3 is 10.1 Å². The van der Waals surface area contributed by atoms with Crippen LogP contribution in [0.3, 0.4) is 0 Å². The van der Waals surface area contributed by atoms with Gasteiger partial charge in [-0.3, -0.25) is 4.79 Å². The van der Waals surface area contributed by atoms with Gasteiger partial charge in [-0.1, -0.05) is 17.7 Å². The number of fused-ring (bicyclic) bond motifs is 2. The summed E-state index contributed by atoms with van der Waals surface area (Å²) < 4.78 is 0. The van der Waals surface area contributed by atoms with Gasteiger partial charge in [-0.05, 0) is 24.3 Å². The first-order valence-electron chi connectivity index (χ1n) is 6.24. The van der Waals surface area contributed by atoms with Gasteiger partial charge in [-0.25, -0.2) is 9.98 Å². The second-order valence-electron chi connectivity index (χ2n) is 4.70. The fourth-order valence-electron chi connectivity index (χ4n) is 2.51. The number of rotatable bonds is 1. The van der Waals surface area contributed by atoms with Crippen LogP contribution in [-0.2, 0) is 0 Å². The van der Waals surface area contributed by atoms with Crippen LogP contribution in [0.5, 0.6) is 5.88 Å². The Morgan fingerprint density at radius 3 is 2.90 bits per heavy atom. The number of ketones is 1. The topological polar surface area (TPSA) is 78.3 Å². The molecule has 1 aliphatic rings. The molecule has 102 valence electrons. The van der Waals surface area contributed by atoms with Crippen LogP contribution >= 0.6 is 11.6 Å². The van der Waals surface area contributed by atoms with Crippen LogP contribution in [0.2, 0.25) is 5.02 Å². The van der Waals surface area contributed by atoms with E-state index in [1.807, 2.05) is 0 Å². The third-order valence-electron chi connectivity index (χ3n) is 3.44. The number of nitrogens with one attached hydrogen (secondary N) is 1. The number of hydrogen-bond donors (Lipinski definition) is 2. The highest BCUT2D eigenvalue weighted by atomic mass is 35.5. The molecule has 0 aliphatic carbocycles. The Labute approximate surface area is 123 Å². The number of hydrogen-bond acceptors (Lipinski definition) is 4. The smallest absolute Gasteiger partial charge is 0.216 e. The van der Waals surface area contributed by atoms with Gasteiger partial charge in [0.2, 0.25) is 5.78 Å². The van der Waals surface area contributed by atoms with Crippen molar-refractivity contribution in [3.63, 3.8) is 0 Å². The van der Waals surface area contributed by atoms with Crippen molar-refractivity contribution in [2.75, 3.05) is 0 Å². The zero-order valence-electron chi connectivity index (χ0n) is 10.6. The van der Waals surface area contributed by atoms with Gasteiger partial charge in [-0.2, -0.15) is 0 Å². The number of H-pyrrole nitrogens is 1. The molecule has 0 amide bonds. The molecule has 0 unspecified atom stereocenters. The van der Waals surface area contributed by atoms with Gasteiger partial charge in [0.25, 0.3) is 0 Å². The Balaban J connectivity index is 1.97. The summed E-state index contributed by atoms with van der Waals surface area (Å²) in [6.07, 6.45) is 1.58. The number of halogens is 1. The predicted molar refractivity (Wildman–Crippen MR) is 79.7 cm³/mol. The molecule has 1 aromatic carbocycles. The van der Waals surface area contributed by atoms with Crippen LogP contribution in [0.4, 0.5) is 5.82 Å². The molecule has 4 rings (SSSR count). The van der Waals surface area contributed by atoms with E-state index < -0.39 is 0 Å². The van der Waals surface area contributed by atoms with Crippen LogP contribution in [-0.4, -0.2) is 26.6 Å². The Hall–Kier alpha value is -2.66. The number of nitrogens with zero attached hydrogens (tertiary/aromatic N) is 2. The number of benzene rings is 1. The van der Waals surface area contributed by atoms with Gasteiger partial charge in [0.05, 0.1) is 16.6 Å². The van der Waals surface area contributed by atoms with Crippen LogP contribution in [0.1, 0.15) is 15.9 Å². The Morgan fingerprint density at radius 1 is 1.24 bits per heavy atom. The van der Waals surface area contributed by atoms with E-state index in [-0.39, 0.29) is 17.4 Å². The number of carbonyl (C=O) groups excluding carboxylic acids is 1. The first-order valence-corrected chi connectivity index (χ1v) is 6.62. The average molecular weight is 298 g/mol. The molecule has 6 heteroatoms. The maximum Gasteiger partial charge on any atom is 0.216 e. The molecule has 5 nitrogen and oxygen atoms in total. The highest BCUT2D eigenvalue weighted by Gasteiger charge is 2.30. The lowest BCUT2D eigenvalue weighted by Gasteiger charge is -1.98. The maximum absolute atomic E-state index is 12.4. The summed E-state index contributed by atoms with van der Waals surface area (Å²) >= 11 is 5.93. The van der Waals surface area contributed by atoms with Gasteiger partial charge in [0.1, 0.15) is 5.71 Å². The molecule has 2 N–H and O–H groups in total. The van der Waals surface area contributed by atoms with Crippen molar-refractivity contribution in [3.05, 3.63) is 52.7 Å². The van der Waals surface area contributed by atoms with Crippen LogP contribution in [0.15, 0.2) is 41.5 Å². The average Bonchev–Trinajstić information content (AvgIpc) is 2.95. The third kappa shape index (κ3) is 1.68. The molecule has 0 bridgehead atoms. The van der Waals surface area contributed by atoms with Gasteiger partial charge in [0.15, 0.2) is 11.7 Å². The summed E-state index contributed by atoms with van der Waals surface area (Å²) in [4.78, 5) is 23.6. The summed E-state index contributed by atoms with van der Waals surface area (Å²) in [5, 5.41) is 11.4. The van der Waals surface area contributed by atoms with Crippen molar-refractivity contribution < 1.29 is 9.90 Å². The van der Waals surface area contributed by atoms with Crippen molar-refractivity contribution in [2.24, 2.45) is 4.99 Å². The van der Waals surface area contributed by atoms with Gasteiger partial charge >= 0.3 is 0 Å². The second kappa shape index (κ2) is 4.17. The zero-order chi connectivity index (χ0) is 14.6. The summed E-state index contributed by atoms with van der Waals surface area (Å²) in [5.74, 6) is 0.0247. The summed E-state index contributed by atoms with van der Waals surface area (Å²) in [6, 6.07) is 8.49. The highest BCUT2D eigenvalue weighted by molar-refractivity contribution is 6.56. The molecule has 0 fully saturated rings. The normalized spacial score (nSPS) is 13.6. The van der Waals surface area contributed by atoms with Crippen molar-refractivity contribution in [3.8, 4) is 5.88 Å². The van der Waals surface area contributed by atoms with E-state index in [4.69, 9.17) is 11.6 Å². The van der Waals surface area contributed by atoms with Crippen molar-refractivity contribution in [1.29, 1.82) is 0 Å². The first-order chi connectivity index (χ1) is 10.1. The minimum atomic E-state index is -0.246. The van der Waals surface area contributed by atoms with Gasteiger partial charge in [0, 0.05) is 16.6 Å². The molecule has 21 heavy (non-hydrogen) atoms. The zero-order valence-corrected chi connectivity index (χ0v) is 11.3. The lowest BCUT2D eigenvalue weighted by Crippen LogP contribution is -2.10. The number of aromatic amines is 1. The number of aliphatic imine (C=N–C) groups is 1. The van der Waals surface area contributed by atoms with Crippen LogP contribution in [0.25, 0.3) is 10.9 Å². The fourth-order valence-corrected chi connectivity index (χ4v) is 2.68. The molecular weight excluding hydrogens is 290 g/mol. The van der Waals surface area contributed by atoms with Crippen LogP contribution in [0, 0.1) is 0 Å². The quantitative estimate of drug-likeness (QED) is 0.723. The Kier molecular flexibility index (Phi) is 2.40. The molecule has 0 radical (unpaired) electrons. The lowest BCUT2D eigenvalue weighted by atomic mass is 10.0. The first kappa shape index (κ1) is 12.1. The lowest BCUT2D eigenvalue weighted by molar-refractivity contribution is 0.107. The minimum absolute atomic E-state index is 0.104. The van der Waals surface area contributed by atoms with E-state index in [1.165, 1.54) is 0 Å². The van der Waals surface area contributed by atoms with E-state index in [2.05, 4.69) is 15.0 Å². The molecular formula is C15H8ClN3O2. The van der Waals surface area contributed by atoms with E-state index in [0.717, 1.165) is 0 Å². The molecule has 0 saturated carbocycles. The molecule has 3 heterocycles. The maximum atomic E-state index is 12.4. The minimum Gasteiger partial charge on any atom is -0.494 e. The number of aromatic hydroxyl groups is 1. The van der Waals surface area contributed by atoms with E-state index in [0.29, 0.717) is 32.9 Å². The second-order valence-corrected chi connectivity index (χ2v) is 5.14. The predicted octanol–water partition coefficient (Wildman–Crippen LogP) is 3.24. The highest BCUT2D eigenvalue weighted by Crippen LogP contribution is 2.34. The molecule has 0 saturated heterocycles. The van der Waals surface area contributed by atoms with E-state index in [9.17, 15) is 9.90 Å². The monoisotopic (exact) mass is 297 g/mol. The number of Topliss-reactive ketones (excluding diaryl/α,β-unsaturated/α-hetero) is 1. The van der Waals surface area contributed by atoms with Crippen molar-refractivity contribution in [1.82, 2.24) is 9.97 Å². The number of carbonyl (C=O) groups is 1. The number of aromatic nitrogens is 2. The van der Waals surface area contributed by atoms with Crippen molar-refractivity contribution >= 4 is 39.8 Å². The van der Waals surface area contributed by atoms with E-state index in [1.54, 1.807) is 36.5 Å². The fraction of sp³-hybridized carbons (Fsp3) is 0. The standard InChI is InChI=1S/C15H8ClN3O2/c16-7-3-4-8-10(6-7)18-15(21)11(8)12-13(20)9-2-1-5-17-14(9)19-12/h1-6,18,21H. The molecule has 3 aromatic rings. The Morgan fingerprint density at radius 2 is 2.10 bits per heavy atom. The molecule has 1 aliphatic heterocycles. The SMILES string of the molecule is O=C1C(c2c(O)[nH]c3cc(Cl)ccc23)=Nc2ncccc21. The summed E-state index contributed by atoms with van der Waals surface area (Å²) in [5.41, 5.74) is 1.66. The van der Waals surface area contributed by atoms with Crippen molar-refractivity contribution in [2.45, 2.75) is 0 Å². The molecule has 0 atom stereocenters. The third-order valence-corrected chi connectivity index (χ3v) is 3.68. The van der Waals surface area contributed by atoms with E-state index >= 15 is 0 Å². The largest absolute Gasteiger partial charge is 0.494 e. The number of pyridine rings is 1. The summed E-state index contributed by atoms with van der Waals surface area (Å²) in [7, 11) is 0. The molecule has 0 spiro atoms. The van der Waals surface area contributed by atoms with Gasteiger partial charge in [-0.15, -0.1) is 0 Å².